The topological polar surface area (TPSA) is 63.3 Å². The van der Waals surface area contributed by atoms with Crippen LogP contribution in [-0.4, -0.2) is 17.1 Å². The molecule has 3 N–H and O–H groups in total. The number of carbonyl (C=O) groups is 1. The zero-order chi connectivity index (χ0) is 11.7. The number of hydrogen-bond acceptors (Lipinski definition) is 2. The Labute approximate surface area is 94.6 Å². The number of rotatable bonds is 3. The van der Waals surface area contributed by atoms with Crippen LogP contribution in [0.25, 0.3) is 5.57 Å². The lowest BCUT2D eigenvalue weighted by atomic mass is 9.99. The van der Waals surface area contributed by atoms with Crippen LogP contribution in [0.3, 0.4) is 0 Å². The summed E-state index contributed by atoms with van der Waals surface area (Å²) < 4.78 is 0. The molecule has 1 aromatic rings. The summed E-state index contributed by atoms with van der Waals surface area (Å²) in [4.78, 5) is 10.8. The van der Waals surface area contributed by atoms with Crippen molar-refractivity contribution in [1.29, 1.82) is 0 Å². The maximum Gasteiger partial charge on any atom is 0.320 e. The summed E-state index contributed by atoms with van der Waals surface area (Å²) in [6.45, 7) is 2.05. The molecule has 1 aromatic carbocycles. The molecule has 0 amide bonds. The molecule has 0 unspecified atom stereocenters. The molecule has 0 spiro atoms. The van der Waals surface area contributed by atoms with Crippen molar-refractivity contribution in [2.45, 2.75) is 25.8 Å². The third-order valence-corrected chi connectivity index (χ3v) is 3.05. The molecule has 1 atom stereocenters. The zero-order valence-corrected chi connectivity index (χ0v) is 9.23. The summed E-state index contributed by atoms with van der Waals surface area (Å²) in [6, 6.07) is 7.29. The van der Waals surface area contributed by atoms with Gasteiger partial charge in [0.25, 0.3) is 0 Å². The van der Waals surface area contributed by atoms with Gasteiger partial charge in [0.05, 0.1) is 0 Å². The average molecular weight is 217 g/mol. The fourth-order valence-electron chi connectivity index (χ4n) is 2.18. The van der Waals surface area contributed by atoms with Crippen molar-refractivity contribution in [3.05, 3.63) is 41.0 Å². The minimum absolute atomic E-state index is 0.415. The molecule has 0 aliphatic heterocycles. The SMILES string of the molecule is CC1=C(C[C@@H](N)C(=O)O)c2ccccc2C1. The van der Waals surface area contributed by atoms with Crippen LogP contribution in [0.4, 0.5) is 0 Å². The van der Waals surface area contributed by atoms with Crippen LogP contribution in [0.15, 0.2) is 29.8 Å². The Kier molecular flexibility index (Phi) is 2.79. The molecule has 0 saturated heterocycles. The van der Waals surface area contributed by atoms with E-state index in [0.29, 0.717) is 6.42 Å². The fourth-order valence-corrected chi connectivity index (χ4v) is 2.18. The van der Waals surface area contributed by atoms with Gasteiger partial charge in [-0.05, 0) is 36.5 Å². The summed E-state index contributed by atoms with van der Waals surface area (Å²) in [6.07, 6.45) is 1.33. The van der Waals surface area contributed by atoms with Gasteiger partial charge in [-0.15, -0.1) is 0 Å². The van der Waals surface area contributed by atoms with Crippen LogP contribution in [0, 0.1) is 0 Å². The summed E-state index contributed by atoms with van der Waals surface area (Å²) in [5.74, 6) is -0.940. The lowest BCUT2D eigenvalue weighted by Crippen LogP contribution is -2.30. The first kappa shape index (κ1) is 10.9. The molecular weight excluding hydrogens is 202 g/mol. The maximum atomic E-state index is 10.8. The predicted octanol–water partition coefficient (Wildman–Crippen LogP) is 1.82. The highest BCUT2D eigenvalue weighted by Crippen LogP contribution is 2.34. The number of carboxylic acid groups (broad SMARTS) is 1. The third kappa shape index (κ3) is 1.86. The van der Waals surface area contributed by atoms with E-state index in [-0.39, 0.29) is 0 Å². The minimum Gasteiger partial charge on any atom is -0.480 e. The molecule has 84 valence electrons. The highest BCUT2D eigenvalue weighted by Gasteiger charge is 2.22. The highest BCUT2D eigenvalue weighted by molar-refractivity contribution is 5.81. The van der Waals surface area contributed by atoms with E-state index in [0.717, 1.165) is 17.6 Å². The molecule has 0 radical (unpaired) electrons. The van der Waals surface area contributed by atoms with E-state index in [1.807, 2.05) is 25.1 Å². The Bertz CT molecular complexity index is 463. The lowest BCUT2D eigenvalue weighted by molar-refractivity contribution is -0.138. The molecule has 3 heteroatoms. The Hall–Kier alpha value is -1.61. The van der Waals surface area contributed by atoms with E-state index < -0.39 is 12.0 Å². The standard InChI is InChI=1S/C13H15NO2/c1-8-6-9-4-2-3-5-10(9)11(8)7-12(14)13(15)16/h2-5,12H,6-7,14H2,1H3,(H,15,16)/t12-/m1/s1. The monoisotopic (exact) mass is 217 g/mol. The van der Waals surface area contributed by atoms with Crippen LogP contribution < -0.4 is 5.73 Å². The van der Waals surface area contributed by atoms with Gasteiger partial charge in [-0.25, -0.2) is 0 Å². The molecule has 1 aliphatic rings. The molecule has 16 heavy (non-hydrogen) atoms. The second-order valence-electron chi connectivity index (χ2n) is 4.24. The van der Waals surface area contributed by atoms with E-state index in [1.165, 1.54) is 11.1 Å². The Morgan fingerprint density at radius 2 is 2.19 bits per heavy atom. The van der Waals surface area contributed by atoms with Gasteiger partial charge in [0.2, 0.25) is 0 Å². The van der Waals surface area contributed by atoms with Gasteiger partial charge >= 0.3 is 5.97 Å². The smallest absolute Gasteiger partial charge is 0.320 e. The van der Waals surface area contributed by atoms with Crippen molar-refractivity contribution in [3.63, 3.8) is 0 Å². The van der Waals surface area contributed by atoms with Gasteiger partial charge in [0.1, 0.15) is 6.04 Å². The van der Waals surface area contributed by atoms with E-state index in [2.05, 4.69) is 6.07 Å². The van der Waals surface area contributed by atoms with Crippen molar-refractivity contribution < 1.29 is 9.90 Å². The van der Waals surface area contributed by atoms with E-state index in [1.54, 1.807) is 0 Å². The largest absolute Gasteiger partial charge is 0.480 e. The Morgan fingerprint density at radius 1 is 1.50 bits per heavy atom. The molecule has 1 aliphatic carbocycles. The van der Waals surface area contributed by atoms with Crippen LogP contribution in [-0.2, 0) is 11.2 Å². The normalized spacial score (nSPS) is 16.1. The molecule has 0 saturated carbocycles. The molecule has 2 rings (SSSR count). The van der Waals surface area contributed by atoms with Crippen LogP contribution >= 0.6 is 0 Å². The van der Waals surface area contributed by atoms with Gasteiger partial charge in [0.15, 0.2) is 0 Å². The summed E-state index contributed by atoms with van der Waals surface area (Å²) in [7, 11) is 0. The van der Waals surface area contributed by atoms with Crippen LogP contribution in [0.5, 0.6) is 0 Å². The highest BCUT2D eigenvalue weighted by atomic mass is 16.4. The van der Waals surface area contributed by atoms with Crippen LogP contribution in [0.2, 0.25) is 0 Å². The number of benzene rings is 1. The first-order valence-corrected chi connectivity index (χ1v) is 5.35. The molecule has 3 nitrogen and oxygen atoms in total. The molecule has 0 bridgehead atoms. The van der Waals surface area contributed by atoms with E-state index in [9.17, 15) is 4.79 Å². The molecule has 0 heterocycles. The third-order valence-electron chi connectivity index (χ3n) is 3.05. The summed E-state index contributed by atoms with van der Waals surface area (Å²) >= 11 is 0. The van der Waals surface area contributed by atoms with Gasteiger partial charge in [0, 0.05) is 0 Å². The van der Waals surface area contributed by atoms with Crippen molar-refractivity contribution in [2.24, 2.45) is 5.73 Å². The number of hydrogen-bond donors (Lipinski definition) is 2. The molecule has 0 fully saturated rings. The average Bonchev–Trinajstić information content (AvgIpc) is 2.55. The quantitative estimate of drug-likeness (QED) is 0.811. The predicted molar refractivity (Wildman–Crippen MR) is 63.0 cm³/mol. The molecular formula is C13H15NO2. The van der Waals surface area contributed by atoms with Crippen molar-refractivity contribution >= 4 is 11.5 Å². The van der Waals surface area contributed by atoms with E-state index in [4.69, 9.17) is 10.8 Å². The van der Waals surface area contributed by atoms with Crippen LogP contribution in [0.1, 0.15) is 24.5 Å². The van der Waals surface area contributed by atoms with Gasteiger partial charge in [-0.3, -0.25) is 4.79 Å². The number of fused-ring (bicyclic) bond motifs is 1. The van der Waals surface area contributed by atoms with Gasteiger partial charge in [-0.2, -0.15) is 0 Å². The summed E-state index contributed by atoms with van der Waals surface area (Å²) in [5.41, 5.74) is 10.4. The maximum absolute atomic E-state index is 10.8. The van der Waals surface area contributed by atoms with Crippen molar-refractivity contribution in [3.8, 4) is 0 Å². The first-order chi connectivity index (χ1) is 7.59. The van der Waals surface area contributed by atoms with Crippen molar-refractivity contribution in [1.82, 2.24) is 0 Å². The second kappa shape index (κ2) is 4.10. The lowest BCUT2D eigenvalue weighted by Gasteiger charge is -2.10. The fraction of sp³-hybridized carbons (Fsp3) is 0.308. The Morgan fingerprint density at radius 3 is 2.88 bits per heavy atom. The Balaban J connectivity index is 2.28. The van der Waals surface area contributed by atoms with E-state index >= 15 is 0 Å². The summed E-state index contributed by atoms with van der Waals surface area (Å²) in [5, 5.41) is 8.83. The second-order valence-corrected chi connectivity index (χ2v) is 4.24. The number of allylic oxidation sites excluding steroid dienone is 1. The van der Waals surface area contributed by atoms with Gasteiger partial charge < -0.3 is 10.8 Å². The minimum atomic E-state index is -0.940. The number of carboxylic acids is 1. The number of nitrogens with two attached hydrogens (primary N) is 1. The first-order valence-electron chi connectivity index (χ1n) is 5.35. The molecule has 0 aromatic heterocycles. The van der Waals surface area contributed by atoms with Crippen molar-refractivity contribution in [2.75, 3.05) is 0 Å². The zero-order valence-electron chi connectivity index (χ0n) is 9.23. The number of aliphatic carboxylic acids is 1. The van der Waals surface area contributed by atoms with Gasteiger partial charge in [-0.1, -0.05) is 29.8 Å².